The second-order valence-electron chi connectivity index (χ2n) is 9.00. The Morgan fingerprint density at radius 2 is 1.43 bits per heavy atom. The Bertz CT molecular complexity index is 1600. The van der Waals surface area contributed by atoms with Crippen molar-refractivity contribution < 1.29 is 27.5 Å². The molecular formula is C31H30N4O6S. The second kappa shape index (κ2) is 14.6. The molecule has 0 aromatic heterocycles. The minimum atomic E-state index is -4.01. The first-order valence-electron chi connectivity index (χ1n) is 12.9. The fourth-order valence-electron chi connectivity index (χ4n) is 3.80. The van der Waals surface area contributed by atoms with E-state index in [0.29, 0.717) is 22.7 Å². The van der Waals surface area contributed by atoms with Crippen molar-refractivity contribution in [3.8, 4) is 11.5 Å². The Kier molecular flexibility index (Phi) is 10.4. The molecule has 0 fully saturated rings. The molecule has 0 aliphatic heterocycles. The van der Waals surface area contributed by atoms with Crippen LogP contribution in [0.4, 0.5) is 5.69 Å². The van der Waals surface area contributed by atoms with E-state index < -0.39 is 22.5 Å². The standard InChI is InChI=1S/C31H30N4O6S/c1-40-27-16-18-29(19-17-27)42(38,39)35(21-25-8-4-2-5-9-25)22-30(36)34-32-20-24-12-14-28(15-13-24)41-23-31(37)33-26-10-6-3-7-11-26/h2-20H,21-23H2,1H3,(H,33,37)(H,34,36)/b32-20+. The predicted molar refractivity (Wildman–Crippen MR) is 160 cm³/mol. The molecule has 4 aromatic rings. The highest BCUT2D eigenvalue weighted by Crippen LogP contribution is 2.21. The van der Waals surface area contributed by atoms with Crippen LogP contribution in [0.5, 0.6) is 11.5 Å². The number of sulfonamides is 1. The number of hydrazone groups is 1. The molecular weight excluding hydrogens is 556 g/mol. The fourth-order valence-corrected chi connectivity index (χ4v) is 5.19. The first-order valence-corrected chi connectivity index (χ1v) is 14.4. The predicted octanol–water partition coefficient (Wildman–Crippen LogP) is 4.05. The zero-order chi connectivity index (χ0) is 29.8. The van der Waals surface area contributed by atoms with Gasteiger partial charge in [-0.25, -0.2) is 13.8 Å². The van der Waals surface area contributed by atoms with Crippen molar-refractivity contribution >= 4 is 33.7 Å². The number of methoxy groups -OCH3 is 1. The highest BCUT2D eigenvalue weighted by atomic mass is 32.2. The number of nitrogens with one attached hydrogen (secondary N) is 2. The van der Waals surface area contributed by atoms with Gasteiger partial charge >= 0.3 is 0 Å². The number of benzene rings is 4. The van der Waals surface area contributed by atoms with E-state index in [1.807, 2.05) is 24.3 Å². The van der Waals surface area contributed by atoms with Crippen molar-refractivity contribution in [1.29, 1.82) is 0 Å². The zero-order valence-electron chi connectivity index (χ0n) is 22.8. The normalized spacial score (nSPS) is 11.3. The van der Waals surface area contributed by atoms with Gasteiger partial charge in [0.2, 0.25) is 10.0 Å². The quantitative estimate of drug-likeness (QED) is 0.180. The first-order chi connectivity index (χ1) is 20.3. The maximum atomic E-state index is 13.4. The molecule has 2 N–H and O–H groups in total. The summed E-state index contributed by atoms with van der Waals surface area (Å²) in [5.41, 5.74) is 4.45. The smallest absolute Gasteiger partial charge is 0.262 e. The van der Waals surface area contributed by atoms with Crippen LogP contribution < -0.4 is 20.2 Å². The number of anilines is 1. The van der Waals surface area contributed by atoms with E-state index in [0.717, 1.165) is 9.87 Å². The molecule has 0 atom stereocenters. The second-order valence-corrected chi connectivity index (χ2v) is 10.9. The summed E-state index contributed by atoms with van der Waals surface area (Å²) in [6, 6.07) is 30.8. The van der Waals surface area contributed by atoms with Crippen molar-refractivity contribution in [2.24, 2.45) is 5.10 Å². The minimum Gasteiger partial charge on any atom is -0.497 e. The lowest BCUT2D eigenvalue weighted by molar-refractivity contribution is -0.121. The summed E-state index contributed by atoms with van der Waals surface area (Å²) in [5, 5.41) is 6.70. The third kappa shape index (κ3) is 8.75. The first kappa shape index (κ1) is 30.0. The number of para-hydroxylation sites is 1. The van der Waals surface area contributed by atoms with Gasteiger partial charge in [-0.2, -0.15) is 9.41 Å². The van der Waals surface area contributed by atoms with Gasteiger partial charge in [-0.15, -0.1) is 0 Å². The molecule has 4 rings (SSSR count). The van der Waals surface area contributed by atoms with Crippen LogP contribution in [0.3, 0.4) is 0 Å². The van der Waals surface area contributed by atoms with Crippen molar-refractivity contribution in [1.82, 2.24) is 9.73 Å². The molecule has 42 heavy (non-hydrogen) atoms. The molecule has 0 spiro atoms. The summed E-state index contributed by atoms with van der Waals surface area (Å²) in [6.07, 6.45) is 1.42. The molecule has 2 amide bonds. The van der Waals surface area contributed by atoms with Crippen LogP contribution >= 0.6 is 0 Å². The van der Waals surface area contributed by atoms with Crippen LogP contribution in [-0.4, -0.2) is 51.0 Å². The van der Waals surface area contributed by atoms with Gasteiger partial charge in [0.25, 0.3) is 11.8 Å². The third-order valence-corrected chi connectivity index (χ3v) is 7.74. The molecule has 0 saturated carbocycles. The van der Waals surface area contributed by atoms with Crippen molar-refractivity contribution in [3.63, 3.8) is 0 Å². The molecule has 11 heteroatoms. The molecule has 0 radical (unpaired) electrons. The Hall–Kier alpha value is -5.00. The molecule has 0 bridgehead atoms. The van der Waals surface area contributed by atoms with E-state index >= 15 is 0 Å². The van der Waals surface area contributed by atoms with Gasteiger partial charge in [-0.05, 0) is 71.8 Å². The van der Waals surface area contributed by atoms with Gasteiger partial charge in [0.1, 0.15) is 11.5 Å². The molecule has 4 aromatic carbocycles. The summed E-state index contributed by atoms with van der Waals surface area (Å²) in [6.45, 7) is -0.604. The average molecular weight is 587 g/mol. The lowest BCUT2D eigenvalue weighted by Crippen LogP contribution is -2.39. The topological polar surface area (TPSA) is 126 Å². The SMILES string of the molecule is COc1ccc(S(=O)(=O)N(CC(=O)N/N=C/c2ccc(OCC(=O)Nc3ccccc3)cc2)Cc2ccccc2)cc1. The number of amides is 2. The van der Waals surface area contributed by atoms with E-state index in [4.69, 9.17) is 9.47 Å². The van der Waals surface area contributed by atoms with Crippen LogP contribution in [0.2, 0.25) is 0 Å². The van der Waals surface area contributed by atoms with Gasteiger partial charge < -0.3 is 14.8 Å². The van der Waals surface area contributed by atoms with Gasteiger partial charge in [0.05, 0.1) is 24.8 Å². The minimum absolute atomic E-state index is 0.00281. The lowest BCUT2D eigenvalue weighted by Gasteiger charge is -2.21. The van der Waals surface area contributed by atoms with Crippen LogP contribution in [0, 0.1) is 0 Å². The third-order valence-electron chi connectivity index (χ3n) is 5.93. The molecule has 0 heterocycles. The van der Waals surface area contributed by atoms with E-state index in [1.165, 1.54) is 25.5 Å². The molecule has 0 saturated heterocycles. The van der Waals surface area contributed by atoms with Crippen molar-refractivity contribution in [3.05, 3.63) is 120 Å². The van der Waals surface area contributed by atoms with E-state index in [9.17, 15) is 18.0 Å². The molecule has 0 aliphatic rings. The largest absolute Gasteiger partial charge is 0.497 e. The van der Waals surface area contributed by atoms with Crippen LogP contribution in [0.1, 0.15) is 11.1 Å². The number of nitrogens with zero attached hydrogens (tertiary/aromatic N) is 2. The maximum absolute atomic E-state index is 13.4. The van der Waals surface area contributed by atoms with E-state index in [2.05, 4.69) is 15.8 Å². The van der Waals surface area contributed by atoms with E-state index in [1.54, 1.807) is 72.8 Å². The summed E-state index contributed by atoms with van der Waals surface area (Å²) in [4.78, 5) is 24.8. The highest BCUT2D eigenvalue weighted by molar-refractivity contribution is 7.89. The fraction of sp³-hybridized carbons (Fsp3) is 0.129. The molecule has 0 aliphatic carbocycles. The monoisotopic (exact) mass is 586 g/mol. The van der Waals surface area contributed by atoms with Gasteiger partial charge in [-0.1, -0.05) is 48.5 Å². The van der Waals surface area contributed by atoms with Gasteiger partial charge in [0, 0.05) is 12.2 Å². The number of carbonyl (C=O) groups excluding carboxylic acids is 2. The zero-order valence-corrected chi connectivity index (χ0v) is 23.7. The maximum Gasteiger partial charge on any atom is 0.262 e. The Morgan fingerprint density at radius 1 is 0.810 bits per heavy atom. The summed E-state index contributed by atoms with van der Waals surface area (Å²) in [5.74, 6) is 0.108. The van der Waals surface area contributed by atoms with Gasteiger partial charge in [-0.3, -0.25) is 9.59 Å². The van der Waals surface area contributed by atoms with E-state index in [-0.39, 0.29) is 24.0 Å². The molecule has 0 unspecified atom stereocenters. The number of ether oxygens (including phenoxy) is 2. The number of rotatable bonds is 13. The lowest BCUT2D eigenvalue weighted by atomic mass is 10.2. The van der Waals surface area contributed by atoms with Crippen LogP contribution in [0.15, 0.2) is 119 Å². The van der Waals surface area contributed by atoms with Crippen LogP contribution in [0.25, 0.3) is 0 Å². The molecule has 216 valence electrons. The van der Waals surface area contributed by atoms with Crippen molar-refractivity contribution in [2.45, 2.75) is 11.4 Å². The summed E-state index contributed by atoms with van der Waals surface area (Å²) in [7, 11) is -2.52. The average Bonchev–Trinajstić information content (AvgIpc) is 3.01. The number of hydrogen-bond donors (Lipinski definition) is 2. The number of hydrogen-bond acceptors (Lipinski definition) is 7. The van der Waals surface area contributed by atoms with Crippen molar-refractivity contribution in [2.75, 3.05) is 25.6 Å². The van der Waals surface area contributed by atoms with Gasteiger partial charge in [0.15, 0.2) is 6.61 Å². The molecule has 10 nitrogen and oxygen atoms in total. The van der Waals surface area contributed by atoms with Crippen LogP contribution in [-0.2, 0) is 26.2 Å². The Balaban J connectivity index is 1.33. The number of carbonyl (C=O) groups is 2. The summed E-state index contributed by atoms with van der Waals surface area (Å²) >= 11 is 0. The summed E-state index contributed by atoms with van der Waals surface area (Å²) < 4.78 is 38.6. The Labute approximate surface area is 244 Å². The highest BCUT2D eigenvalue weighted by Gasteiger charge is 2.27. The Morgan fingerprint density at radius 3 is 2.07 bits per heavy atom.